The van der Waals surface area contributed by atoms with Crippen molar-refractivity contribution < 1.29 is 14.4 Å². The predicted octanol–water partition coefficient (Wildman–Crippen LogP) is 3.90. The third kappa shape index (κ3) is 4.12. The fraction of sp³-hybridized carbons (Fsp3) is 0.190. The molecule has 0 radical (unpaired) electrons. The van der Waals surface area contributed by atoms with Gasteiger partial charge < -0.3 is 15.0 Å². The van der Waals surface area contributed by atoms with Crippen LogP contribution in [0.4, 0.5) is 5.69 Å². The van der Waals surface area contributed by atoms with E-state index in [1.165, 1.54) is 7.11 Å². The summed E-state index contributed by atoms with van der Waals surface area (Å²) in [5.41, 5.74) is 12.6. The highest BCUT2D eigenvalue weighted by atomic mass is 16.6. The zero-order chi connectivity index (χ0) is 19.2. The highest BCUT2D eigenvalue weighted by Crippen LogP contribution is 2.24. The largest absolute Gasteiger partial charge is 0.465 e. The Hall–Kier alpha value is -3.25. The molecule has 0 saturated heterocycles. The first-order chi connectivity index (χ1) is 13.1. The third-order valence-electron chi connectivity index (χ3n) is 4.10. The lowest BCUT2D eigenvalue weighted by molar-refractivity contribution is 0.0603. The van der Waals surface area contributed by atoms with Crippen LogP contribution in [0.1, 0.15) is 29.3 Å². The summed E-state index contributed by atoms with van der Waals surface area (Å²) in [6, 6.07) is 15.2. The first-order valence-corrected chi connectivity index (χ1v) is 8.77. The molecule has 0 aliphatic heterocycles. The van der Waals surface area contributed by atoms with E-state index >= 15 is 0 Å². The Kier molecular flexibility index (Phi) is 5.78. The highest BCUT2D eigenvalue weighted by Gasteiger charge is 2.15. The quantitative estimate of drug-likeness (QED) is 0.287. The van der Waals surface area contributed by atoms with E-state index < -0.39 is 0 Å². The lowest BCUT2D eigenvalue weighted by atomic mass is 10.1. The van der Waals surface area contributed by atoms with Gasteiger partial charge in [-0.1, -0.05) is 37.3 Å². The number of hydrogen-bond donors (Lipinski definition) is 2. The van der Waals surface area contributed by atoms with Crippen molar-refractivity contribution in [1.82, 2.24) is 10.0 Å². The Morgan fingerprint density at radius 1 is 1.22 bits per heavy atom. The molecule has 0 fully saturated rings. The number of carbonyl (C=O) groups excluding carboxylic acids is 1. The second kappa shape index (κ2) is 8.42. The summed E-state index contributed by atoms with van der Waals surface area (Å²) in [6.07, 6.45) is 4.51. The van der Waals surface area contributed by atoms with Crippen molar-refractivity contribution in [3.8, 4) is 0 Å². The number of esters is 1. The number of para-hydroxylation sites is 1. The molecule has 3 aromatic rings. The molecule has 1 aromatic heterocycles. The molecule has 0 spiro atoms. The van der Waals surface area contributed by atoms with Gasteiger partial charge in [0.15, 0.2) is 0 Å². The van der Waals surface area contributed by atoms with Gasteiger partial charge >= 0.3 is 5.97 Å². The average Bonchev–Trinajstić information content (AvgIpc) is 3.05. The van der Waals surface area contributed by atoms with Gasteiger partial charge in [-0.2, -0.15) is 0 Å². The summed E-state index contributed by atoms with van der Waals surface area (Å²) < 4.78 is 6.79. The van der Waals surface area contributed by atoms with E-state index in [0.717, 1.165) is 28.6 Å². The fourth-order valence-electron chi connectivity index (χ4n) is 2.82. The number of ether oxygens (including phenoxy) is 1. The number of aromatic nitrogens is 1. The summed E-state index contributed by atoms with van der Waals surface area (Å²) >= 11 is 0. The summed E-state index contributed by atoms with van der Waals surface area (Å²) in [5, 5.41) is 0.821. The van der Waals surface area contributed by atoms with Crippen molar-refractivity contribution in [2.75, 3.05) is 19.5 Å². The molecule has 2 aromatic carbocycles. The number of nitrogens with two attached hydrogens (primary N) is 1. The number of hydroxylamine groups is 1. The number of carbonyl (C=O) groups is 1. The molecule has 0 amide bonds. The van der Waals surface area contributed by atoms with Crippen LogP contribution in [0.5, 0.6) is 0 Å². The second-order valence-electron chi connectivity index (χ2n) is 6.08. The van der Waals surface area contributed by atoms with E-state index in [2.05, 4.69) is 5.48 Å². The van der Waals surface area contributed by atoms with Crippen molar-refractivity contribution in [3.63, 3.8) is 0 Å². The van der Waals surface area contributed by atoms with Gasteiger partial charge in [-0.3, -0.25) is 10.3 Å². The van der Waals surface area contributed by atoms with Crippen molar-refractivity contribution in [1.29, 1.82) is 0 Å². The van der Waals surface area contributed by atoms with Gasteiger partial charge in [-0.15, -0.1) is 0 Å². The van der Waals surface area contributed by atoms with Gasteiger partial charge in [0, 0.05) is 29.0 Å². The molecule has 0 aliphatic rings. The van der Waals surface area contributed by atoms with Crippen molar-refractivity contribution in [3.05, 3.63) is 65.9 Å². The van der Waals surface area contributed by atoms with Gasteiger partial charge in [-0.25, -0.2) is 4.79 Å². The topological polar surface area (TPSA) is 78.5 Å². The lowest BCUT2D eigenvalue weighted by Crippen LogP contribution is -2.14. The SMILES string of the molecule is CCCONC(=Cn1cc(C(=O)OC)c2ccccc21)c1cccc(N)c1. The molecule has 27 heavy (non-hydrogen) atoms. The number of rotatable bonds is 7. The van der Waals surface area contributed by atoms with E-state index in [1.54, 1.807) is 6.20 Å². The molecular weight excluding hydrogens is 342 g/mol. The third-order valence-corrected chi connectivity index (χ3v) is 4.10. The molecular formula is C21H23N3O3. The smallest absolute Gasteiger partial charge is 0.340 e. The fourth-order valence-corrected chi connectivity index (χ4v) is 2.82. The number of nitrogens with zero attached hydrogens (tertiary/aromatic N) is 1. The van der Waals surface area contributed by atoms with Gasteiger partial charge in [0.25, 0.3) is 0 Å². The number of anilines is 1. The van der Waals surface area contributed by atoms with Gasteiger partial charge in [-0.05, 0) is 24.6 Å². The van der Waals surface area contributed by atoms with Gasteiger partial charge in [0.05, 0.1) is 30.5 Å². The van der Waals surface area contributed by atoms with Gasteiger partial charge in [0.1, 0.15) is 0 Å². The highest BCUT2D eigenvalue weighted by molar-refractivity contribution is 6.05. The van der Waals surface area contributed by atoms with E-state index in [-0.39, 0.29) is 5.97 Å². The Labute approximate surface area is 158 Å². The molecule has 1 heterocycles. The summed E-state index contributed by atoms with van der Waals surface area (Å²) in [4.78, 5) is 17.7. The molecule has 3 N–H and O–H groups in total. The van der Waals surface area contributed by atoms with Gasteiger partial charge in [0.2, 0.25) is 0 Å². The standard InChI is InChI=1S/C21H23N3O3/c1-3-11-27-23-19(15-7-6-8-16(22)12-15)14-24-13-18(21(25)26-2)17-9-4-5-10-20(17)24/h4-10,12-14,23H,3,11,22H2,1-2H3. The zero-order valence-corrected chi connectivity index (χ0v) is 15.4. The summed E-state index contributed by atoms with van der Waals surface area (Å²) in [6.45, 7) is 2.60. The Morgan fingerprint density at radius 3 is 2.78 bits per heavy atom. The van der Waals surface area contributed by atoms with E-state index in [9.17, 15) is 4.79 Å². The van der Waals surface area contributed by atoms with Crippen molar-refractivity contribution in [2.45, 2.75) is 13.3 Å². The van der Waals surface area contributed by atoms with Crippen LogP contribution in [0.15, 0.2) is 54.7 Å². The van der Waals surface area contributed by atoms with Crippen LogP contribution in [0.2, 0.25) is 0 Å². The number of fused-ring (bicyclic) bond motifs is 1. The number of benzene rings is 2. The zero-order valence-electron chi connectivity index (χ0n) is 15.4. The second-order valence-corrected chi connectivity index (χ2v) is 6.08. The molecule has 0 aliphatic carbocycles. The van der Waals surface area contributed by atoms with Crippen LogP contribution in [0.25, 0.3) is 22.8 Å². The maximum Gasteiger partial charge on any atom is 0.340 e. The first-order valence-electron chi connectivity index (χ1n) is 8.77. The normalized spacial score (nSPS) is 11.6. The summed E-state index contributed by atoms with van der Waals surface area (Å²) in [7, 11) is 1.38. The first kappa shape index (κ1) is 18.5. The predicted molar refractivity (Wildman–Crippen MR) is 108 cm³/mol. The minimum atomic E-state index is -0.376. The monoisotopic (exact) mass is 365 g/mol. The Morgan fingerprint density at radius 2 is 2.04 bits per heavy atom. The van der Waals surface area contributed by atoms with Crippen LogP contribution >= 0.6 is 0 Å². The number of nitrogen functional groups attached to an aromatic ring is 1. The number of hydrogen-bond acceptors (Lipinski definition) is 5. The molecule has 6 nitrogen and oxygen atoms in total. The van der Waals surface area contributed by atoms with Crippen LogP contribution in [-0.2, 0) is 9.57 Å². The van der Waals surface area contributed by atoms with E-state index in [4.69, 9.17) is 15.3 Å². The Bertz CT molecular complexity index is 976. The maximum absolute atomic E-state index is 12.1. The number of methoxy groups -OCH3 is 1. The molecule has 0 saturated carbocycles. The molecule has 3 rings (SSSR count). The lowest BCUT2D eigenvalue weighted by Gasteiger charge is -2.12. The summed E-state index contributed by atoms with van der Waals surface area (Å²) in [5.74, 6) is -0.376. The molecule has 0 unspecified atom stereocenters. The van der Waals surface area contributed by atoms with Crippen LogP contribution in [0, 0.1) is 0 Å². The minimum Gasteiger partial charge on any atom is -0.465 e. The van der Waals surface area contributed by atoms with E-state index in [0.29, 0.717) is 17.9 Å². The molecule has 6 heteroatoms. The van der Waals surface area contributed by atoms with Crippen LogP contribution in [0.3, 0.4) is 0 Å². The molecule has 0 bridgehead atoms. The number of nitrogens with one attached hydrogen (secondary N) is 1. The maximum atomic E-state index is 12.1. The molecule has 0 atom stereocenters. The van der Waals surface area contributed by atoms with Crippen molar-refractivity contribution in [2.24, 2.45) is 0 Å². The molecule has 140 valence electrons. The minimum absolute atomic E-state index is 0.376. The van der Waals surface area contributed by atoms with E-state index in [1.807, 2.05) is 66.2 Å². The van der Waals surface area contributed by atoms with Crippen LogP contribution < -0.4 is 11.2 Å². The van der Waals surface area contributed by atoms with Crippen molar-refractivity contribution >= 4 is 34.5 Å². The average molecular weight is 365 g/mol. The van der Waals surface area contributed by atoms with Crippen LogP contribution in [-0.4, -0.2) is 24.3 Å². The Balaban J connectivity index is 2.10.